The number of alkyl carbamates (subject to hydrolysis) is 1. The molecule has 26 heavy (non-hydrogen) atoms. The number of carbonyl (C=O) groups is 1. The van der Waals surface area contributed by atoms with Gasteiger partial charge in [0.05, 0.1) is 0 Å². The fraction of sp³-hybridized carbons (Fsp3) is 0.600. The summed E-state index contributed by atoms with van der Waals surface area (Å²) in [6, 6.07) is 8.71. The number of aryl methyl sites for hydroxylation is 1. The number of ether oxygens (including phenoxy) is 1. The van der Waals surface area contributed by atoms with Gasteiger partial charge < -0.3 is 20.7 Å². The van der Waals surface area contributed by atoms with Crippen LogP contribution in [-0.4, -0.2) is 44.3 Å². The number of hydrogen-bond acceptors (Lipinski definition) is 3. The molecule has 0 bridgehead atoms. The Bertz CT molecular complexity index is 622. The number of nitrogens with one attached hydrogen (secondary N) is 3. The van der Waals surface area contributed by atoms with E-state index in [9.17, 15) is 4.79 Å². The maximum atomic E-state index is 11.6. The molecule has 0 spiro atoms. The van der Waals surface area contributed by atoms with Crippen molar-refractivity contribution in [2.24, 2.45) is 4.99 Å². The number of aliphatic imine (C=N–C) groups is 1. The molecule has 2 rings (SSSR count). The average Bonchev–Trinajstić information content (AvgIpc) is 2.59. The SMILES string of the molecule is CN=C(NCCNC(=O)OC(C)(C)C)NCC1CCCc2ccccc21. The Labute approximate surface area is 156 Å². The molecule has 0 radical (unpaired) electrons. The van der Waals surface area contributed by atoms with E-state index in [-0.39, 0.29) is 0 Å². The van der Waals surface area contributed by atoms with Crippen LogP contribution in [0.3, 0.4) is 0 Å². The molecule has 1 aliphatic carbocycles. The van der Waals surface area contributed by atoms with Gasteiger partial charge in [0.15, 0.2) is 5.96 Å². The monoisotopic (exact) mass is 360 g/mol. The average molecular weight is 361 g/mol. The lowest BCUT2D eigenvalue weighted by Crippen LogP contribution is -2.43. The highest BCUT2D eigenvalue weighted by atomic mass is 16.6. The smallest absolute Gasteiger partial charge is 0.407 e. The molecular formula is C20H32N4O2. The number of nitrogens with zero attached hydrogens (tertiary/aromatic N) is 1. The zero-order valence-corrected chi connectivity index (χ0v) is 16.4. The van der Waals surface area contributed by atoms with Crippen LogP contribution in [0.25, 0.3) is 0 Å². The lowest BCUT2D eigenvalue weighted by atomic mass is 9.83. The van der Waals surface area contributed by atoms with Gasteiger partial charge in [-0.1, -0.05) is 24.3 Å². The maximum absolute atomic E-state index is 11.6. The van der Waals surface area contributed by atoms with E-state index in [4.69, 9.17) is 4.74 Å². The molecule has 1 atom stereocenters. The molecule has 0 aliphatic heterocycles. The van der Waals surface area contributed by atoms with Crippen LogP contribution in [0.2, 0.25) is 0 Å². The number of rotatable bonds is 5. The highest BCUT2D eigenvalue weighted by Gasteiger charge is 2.20. The summed E-state index contributed by atoms with van der Waals surface area (Å²) in [5.41, 5.74) is 2.44. The van der Waals surface area contributed by atoms with Gasteiger partial charge in [-0.3, -0.25) is 4.99 Å². The zero-order chi connectivity index (χ0) is 19.0. The third kappa shape index (κ3) is 6.58. The quantitative estimate of drug-likeness (QED) is 0.429. The van der Waals surface area contributed by atoms with E-state index >= 15 is 0 Å². The molecule has 1 aromatic rings. The Morgan fingerprint density at radius 1 is 1.19 bits per heavy atom. The molecule has 1 aromatic carbocycles. The van der Waals surface area contributed by atoms with Crippen molar-refractivity contribution in [2.45, 2.75) is 51.6 Å². The standard InChI is InChI=1S/C20H32N4O2/c1-20(2,3)26-19(25)23-13-12-22-18(21-4)24-14-16-10-7-9-15-8-5-6-11-17(15)16/h5-6,8,11,16H,7,9-10,12-14H2,1-4H3,(H,23,25)(H2,21,22,24). The van der Waals surface area contributed by atoms with Gasteiger partial charge >= 0.3 is 6.09 Å². The molecular weight excluding hydrogens is 328 g/mol. The number of benzene rings is 1. The van der Waals surface area contributed by atoms with Crippen molar-refractivity contribution in [1.29, 1.82) is 0 Å². The number of hydrogen-bond donors (Lipinski definition) is 3. The molecule has 0 saturated carbocycles. The number of fused-ring (bicyclic) bond motifs is 1. The van der Waals surface area contributed by atoms with Crippen LogP contribution in [0.5, 0.6) is 0 Å². The first-order valence-corrected chi connectivity index (χ1v) is 9.38. The van der Waals surface area contributed by atoms with Crippen molar-refractivity contribution in [1.82, 2.24) is 16.0 Å². The summed E-state index contributed by atoms with van der Waals surface area (Å²) < 4.78 is 5.21. The lowest BCUT2D eigenvalue weighted by Gasteiger charge is -2.26. The molecule has 6 heteroatoms. The van der Waals surface area contributed by atoms with E-state index in [1.807, 2.05) is 20.8 Å². The highest BCUT2D eigenvalue weighted by molar-refractivity contribution is 5.79. The van der Waals surface area contributed by atoms with Crippen LogP contribution in [-0.2, 0) is 11.2 Å². The highest BCUT2D eigenvalue weighted by Crippen LogP contribution is 2.30. The van der Waals surface area contributed by atoms with E-state index in [1.165, 1.54) is 30.4 Å². The minimum atomic E-state index is -0.481. The van der Waals surface area contributed by atoms with Gasteiger partial charge in [0.1, 0.15) is 5.60 Å². The van der Waals surface area contributed by atoms with Gasteiger partial charge in [0.25, 0.3) is 0 Å². The third-order valence-corrected chi connectivity index (χ3v) is 4.32. The van der Waals surface area contributed by atoms with Gasteiger partial charge in [-0.05, 0) is 51.2 Å². The van der Waals surface area contributed by atoms with E-state index in [2.05, 4.69) is 45.2 Å². The predicted molar refractivity (Wildman–Crippen MR) is 106 cm³/mol. The molecule has 0 heterocycles. The second-order valence-corrected chi connectivity index (χ2v) is 7.60. The van der Waals surface area contributed by atoms with Crippen molar-refractivity contribution in [3.05, 3.63) is 35.4 Å². The molecule has 0 saturated heterocycles. The fourth-order valence-corrected chi connectivity index (χ4v) is 3.17. The van der Waals surface area contributed by atoms with Crippen LogP contribution in [0, 0.1) is 0 Å². The first kappa shape index (κ1) is 20.1. The van der Waals surface area contributed by atoms with Gasteiger partial charge in [-0.25, -0.2) is 4.79 Å². The summed E-state index contributed by atoms with van der Waals surface area (Å²) in [6.45, 7) is 7.46. The minimum absolute atomic E-state index is 0.402. The van der Waals surface area contributed by atoms with E-state index in [0.29, 0.717) is 19.0 Å². The topological polar surface area (TPSA) is 74.8 Å². The van der Waals surface area contributed by atoms with Crippen molar-refractivity contribution >= 4 is 12.1 Å². The molecule has 0 fully saturated rings. The normalized spacial score (nSPS) is 17.2. The van der Waals surface area contributed by atoms with Crippen molar-refractivity contribution in [2.75, 3.05) is 26.7 Å². The van der Waals surface area contributed by atoms with Gasteiger partial charge in [0.2, 0.25) is 0 Å². The van der Waals surface area contributed by atoms with Crippen molar-refractivity contribution in [3.8, 4) is 0 Å². The number of amides is 1. The Hall–Kier alpha value is -2.24. The Morgan fingerprint density at radius 3 is 2.65 bits per heavy atom. The zero-order valence-electron chi connectivity index (χ0n) is 16.4. The first-order valence-electron chi connectivity index (χ1n) is 9.38. The molecule has 1 amide bonds. The van der Waals surface area contributed by atoms with Crippen LogP contribution in [0.4, 0.5) is 4.79 Å². The van der Waals surface area contributed by atoms with Crippen LogP contribution in [0.1, 0.15) is 50.7 Å². The predicted octanol–water partition coefficient (Wildman–Crippen LogP) is 2.80. The Morgan fingerprint density at radius 2 is 1.92 bits per heavy atom. The largest absolute Gasteiger partial charge is 0.444 e. The molecule has 0 aromatic heterocycles. The van der Waals surface area contributed by atoms with Crippen LogP contribution >= 0.6 is 0 Å². The molecule has 3 N–H and O–H groups in total. The van der Waals surface area contributed by atoms with Crippen molar-refractivity contribution in [3.63, 3.8) is 0 Å². The second kappa shape index (κ2) is 9.46. The lowest BCUT2D eigenvalue weighted by molar-refractivity contribution is 0.0529. The molecule has 6 nitrogen and oxygen atoms in total. The summed E-state index contributed by atoms with van der Waals surface area (Å²) in [4.78, 5) is 15.9. The van der Waals surface area contributed by atoms with E-state index in [1.54, 1.807) is 7.05 Å². The summed E-state index contributed by atoms with van der Waals surface area (Å²) in [5, 5.41) is 9.35. The molecule has 1 aliphatic rings. The Balaban J connectivity index is 1.71. The summed E-state index contributed by atoms with van der Waals surface area (Å²) in [7, 11) is 1.76. The summed E-state index contributed by atoms with van der Waals surface area (Å²) in [6.07, 6.45) is 3.20. The number of carbonyl (C=O) groups excluding carboxylic acids is 1. The fourth-order valence-electron chi connectivity index (χ4n) is 3.17. The van der Waals surface area contributed by atoms with Crippen LogP contribution in [0.15, 0.2) is 29.3 Å². The van der Waals surface area contributed by atoms with E-state index < -0.39 is 11.7 Å². The summed E-state index contributed by atoms with van der Waals surface area (Å²) >= 11 is 0. The minimum Gasteiger partial charge on any atom is -0.444 e. The summed E-state index contributed by atoms with van der Waals surface area (Å²) in [5.74, 6) is 1.26. The maximum Gasteiger partial charge on any atom is 0.407 e. The van der Waals surface area contributed by atoms with Gasteiger partial charge in [-0.2, -0.15) is 0 Å². The third-order valence-electron chi connectivity index (χ3n) is 4.32. The second-order valence-electron chi connectivity index (χ2n) is 7.60. The Kier molecular flexibility index (Phi) is 7.30. The van der Waals surface area contributed by atoms with Crippen LogP contribution < -0.4 is 16.0 Å². The molecule has 144 valence electrons. The number of guanidine groups is 1. The first-order chi connectivity index (χ1) is 12.4. The van der Waals surface area contributed by atoms with E-state index in [0.717, 1.165) is 12.5 Å². The van der Waals surface area contributed by atoms with Crippen molar-refractivity contribution < 1.29 is 9.53 Å². The molecule has 1 unspecified atom stereocenters. The van der Waals surface area contributed by atoms with Gasteiger partial charge in [-0.15, -0.1) is 0 Å². The van der Waals surface area contributed by atoms with Gasteiger partial charge in [0, 0.05) is 32.6 Å².